The van der Waals surface area contributed by atoms with Crippen LogP contribution < -0.4 is 5.73 Å². The van der Waals surface area contributed by atoms with Crippen LogP contribution in [0.2, 0.25) is 4.34 Å². The molecular formula is C7H4BrClN2O2S. The molecule has 1 aliphatic heterocycles. The fourth-order valence-electron chi connectivity index (χ4n) is 1.05. The molecule has 14 heavy (non-hydrogen) atoms. The average Bonchev–Trinajstić information content (AvgIpc) is 2.57. The predicted molar refractivity (Wildman–Crippen MR) is 57.9 cm³/mol. The molecule has 0 saturated heterocycles. The number of rotatable bonds is 1. The van der Waals surface area contributed by atoms with Crippen LogP contribution in [0.4, 0.5) is 4.79 Å². The zero-order chi connectivity index (χ0) is 10.3. The van der Waals surface area contributed by atoms with Crippen LogP contribution in [0.25, 0.3) is 0 Å². The molecule has 0 radical (unpaired) electrons. The Kier molecular flexibility index (Phi) is 2.50. The van der Waals surface area contributed by atoms with Crippen LogP contribution in [0.1, 0.15) is 11.0 Å². The summed E-state index contributed by atoms with van der Waals surface area (Å²) in [4.78, 5) is 15.0. The van der Waals surface area contributed by atoms with E-state index in [0.29, 0.717) is 4.34 Å². The maximum atomic E-state index is 10.8. The highest BCUT2D eigenvalue weighted by molar-refractivity contribution is 9.10. The second-order valence-electron chi connectivity index (χ2n) is 2.57. The fraction of sp³-hybridized carbons (Fsp3) is 0.143. The zero-order valence-electron chi connectivity index (χ0n) is 6.66. The summed E-state index contributed by atoms with van der Waals surface area (Å²) < 4.78 is 6.24. The minimum absolute atomic E-state index is 0.167. The van der Waals surface area contributed by atoms with Gasteiger partial charge in [-0.2, -0.15) is 4.99 Å². The van der Waals surface area contributed by atoms with Gasteiger partial charge in [0.15, 0.2) is 11.9 Å². The van der Waals surface area contributed by atoms with E-state index in [1.807, 2.05) is 0 Å². The summed E-state index contributed by atoms with van der Waals surface area (Å²) in [6, 6.07) is 1.76. The number of carbonyl (C=O) groups is 1. The van der Waals surface area contributed by atoms with Gasteiger partial charge in [0.2, 0.25) is 0 Å². The number of cyclic esters (lactones) is 1. The molecule has 0 aromatic carbocycles. The van der Waals surface area contributed by atoms with Crippen LogP contribution in [0, 0.1) is 0 Å². The van der Waals surface area contributed by atoms with E-state index in [1.165, 1.54) is 11.3 Å². The number of thiophene rings is 1. The van der Waals surface area contributed by atoms with E-state index in [0.717, 1.165) is 9.35 Å². The molecule has 2 N–H and O–H groups in total. The third-order valence-electron chi connectivity index (χ3n) is 1.63. The highest BCUT2D eigenvalue weighted by atomic mass is 79.9. The van der Waals surface area contributed by atoms with Crippen molar-refractivity contribution in [1.29, 1.82) is 0 Å². The molecule has 7 heteroatoms. The quantitative estimate of drug-likeness (QED) is 0.866. The lowest BCUT2D eigenvalue weighted by Gasteiger charge is -2.05. The number of hydrogen-bond acceptors (Lipinski definition) is 4. The number of amides is 1. The number of nitrogens with two attached hydrogens (primary N) is 1. The second kappa shape index (κ2) is 3.52. The smallest absolute Gasteiger partial charge is 0.431 e. The van der Waals surface area contributed by atoms with Crippen molar-refractivity contribution in [2.24, 2.45) is 10.7 Å². The molecule has 74 valence electrons. The van der Waals surface area contributed by atoms with E-state index in [-0.39, 0.29) is 5.84 Å². The van der Waals surface area contributed by atoms with Gasteiger partial charge < -0.3 is 10.5 Å². The van der Waals surface area contributed by atoms with E-state index in [1.54, 1.807) is 6.07 Å². The van der Waals surface area contributed by atoms with Gasteiger partial charge in [0.1, 0.15) is 4.34 Å². The molecule has 0 spiro atoms. The molecule has 0 bridgehead atoms. The summed E-state index contributed by atoms with van der Waals surface area (Å²) in [6.45, 7) is 0. The lowest BCUT2D eigenvalue weighted by Crippen LogP contribution is -2.17. The number of ether oxygens (including phenoxy) is 1. The standard InChI is InChI=1S/C7H4BrClN2O2S/c8-2-1-3(14-5(2)9)4-6(10)11-7(12)13-4/h1,4H,(H2,10,11,12). The van der Waals surface area contributed by atoms with Gasteiger partial charge in [-0.15, -0.1) is 11.3 Å². The summed E-state index contributed by atoms with van der Waals surface area (Å²) in [7, 11) is 0. The van der Waals surface area contributed by atoms with Crippen molar-refractivity contribution < 1.29 is 9.53 Å². The van der Waals surface area contributed by atoms with Crippen molar-refractivity contribution in [3.8, 4) is 0 Å². The summed E-state index contributed by atoms with van der Waals surface area (Å²) in [6.07, 6.45) is -1.25. The van der Waals surface area contributed by atoms with Crippen LogP contribution in [-0.4, -0.2) is 11.9 Å². The molecule has 1 unspecified atom stereocenters. The summed E-state index contributed by atoms with van der Waals surface area (Å²) in [5.74, 6) is 0.167. The van der Waals surface area contributed by atoms with Gasteiger partial charge in [-0.1, -0.05) is 11.6 Å². The first-order chi connectivity index (χ1) is 6.58. The zero-order valence-corrected chi connectivity index (χ0v) is 9.82. The third kappa shape index (κ3) is 1.65. The fourth-order valence-corrected chi connectivity index (χ4v) is 2.83. The molecule has 0 fully saturated rings. The third-order valence-corrected chi connectivity index (χ3v) is 4.15. The molecule has 1 aromatic heterocycles. The summed E-state index contributed by atoms with van der Waals surface area (Å²) in [5.41, 5.74) is 5.51. The Morgan fingerprint density at radius 3 is 2.86 bits per heavy atom. The molecular weight excluding hydrogens is 292 g/mol. The average molecular weight is 296 g/mol. The number of nitrogens with zero attached hydrogens (tertiary/aromatic N) is 1. The Bertz CT molecular complexity index is 412. The van der Waals surface area contributed by atoms with E-state index in [9.17, 15) is 4.79 Å². The van der Waals surface area contributed by atoms with Gasteiger partial charge in [0.25, 0.3) is 0 Å². The van der Waals surface area contributed by atoms with Crippen molar-refractivity contribution in [3.05, 3.63) is 19.8 Å². The maximum Gasteiger partial charge on any atom is 0.436 e. The summed E-state index contributed by atoms with van der Waals surface area (Å²) in [5, 5.41) is 0. The summed E-state index contributed by atoms with van der Waals surface area (Å²) >= 11 is 10.4. The first-order valence-electron chi connectivity index (χ1n) is 3.57. The van der Waals surface area contributed by atoms with Crippen LogP contribution in [0.3, 0.4) is 0 Å². The van der Waals surface area contributed by atoms with Crippen LogP contribution in [-0.2, 0) is 4.74 Å². The predicted octanol–water partition coefficient (Wildman–Crippen LogP) is 2.71. The topological polar surface area (TPSA) is 64.7 Å². The minimum atomic E-state index is -0.659. The number of hydrogen-bond donors (Lipinski definition) is 1. The van der Waals surface area contributed by atoms with E-state index in [4.69, 9.17) is 22.1 Å². The number of halogens is 2. The molecule has 1 amide bonds. The maximum absolute atomic E-state index is 10.8. The Morgan fingerprint density at radius 2 is 2.43 bits per heavy atom. The Labute approximate surface area is 96.8 Å². The van der Waals surface area contributed by atoms with Gasteiger partial charge >= 0.3 is 6.09 Å². The monoisotopic (exact) mass is 294 g/mol. The van der Waals surface area contributed by atoms with Crippen molar-refractivity contribution in [1.82, 2.24) is 0 Å². The molecule has 1 aliphatic rings. The molecule has 4 nitrogen and oxygen atoms in total. The van der Waals surface area contributed by atoms with Crippen molar-refractivity contribution in [2.75, 3.05) is 0 Å². The normalized spacial score (nSPS) is 20.9. The van der Waals surface area contributed by atoms with Gasteiger partial charge in [-0.05, 0) is 22.0 Å². The number of aliphatic imine (C=N–C) groups is 1. The minimum Gasteiger partial charge on any atom is -0.431 e. The Morgan fingerprint density at radius 1 is 1.71 bits per heavy atom. The highest BCUT2D eigenvalue weighted by Gasteiger charge is 2.29. The Hall–Kier alpha value is -0.590. The van der Waals surface area contributed by atoms with E-state index < -0.39 is 12.2 Å². The lowest BCUT2D eigenvalue weighted by molar-refractivity contribution is 0.150. The SMILES string of the molecule is NC1=NC(=O)OC1c1cc(Br)c(Cl)s1. The first kappa shape index (κ1) is 9.95. The largest absolute Gasteiger partial charge is 0.436 e. The van der Waals surface area contributed by atoms with Gasteiger partial charge in [-0.3, -0.25) is 0 Å². The van der Waals surface area contributed by atoms with Gasteiger partial charge in [0.05, 0.1) is 4.88 Å². The Balaban J connectivity index is 2.33. The van der Waals surface area contributed by atoms with Crippen LogP contribution >= 0.6 is 38.9 Å². The molecule has 0 aliphatic carbocycles. The van der Waals surface area contributed by atoms with Crippen LogP contribution in [0.5, 0.6) is 0 Å². The number of amidine groups is 1. The molecule has 0 saturated carbocycles. The molecule has 1 aromatic rings. The van der Waals surface area contributed by atoms with E-state index >= 15 is 0 Å². The highest BCUT2D eigenvalue weighted by Crippen LogP contribution is 2.37. The lowest BCUT2D eigenvalue weighted by atomic mass is 10.3. The number of carbonyl (C=O) groups excluding carboxylic acids is 1. The van der Waals surface area contributed by atoms with Crippen molar-refractivity contribution in [2.45, 2.75) is 6.10 Å². The van der Waals surface area contributed by atoms with Gasteiger partial charge in [-0.25, -0.2) is 4.79 Å². The van der Waals surface area contributed by atoms with Gasteiger partial charge in [0, 0.05) is 4.47 Å². The molecule has 1 atom stereocenters. The second-order valence-corrected chi connectivity index (χ2v) is 5.11. The molecule has 2 rings (SSSR count). The van der Waals surface area contributed by atoms with Crippen molar-refractivity contribution >= 4 is 50.8 Å². The van der Waals surface area contributed by atoms with E-state index in [2.05, 4.69) is 20.9 Å². The first-order valence-corrected chi connectivity index (χ1v) is 5.56. The molecule has 2 heterocycles. The van der Waals surface area contributed by atoms with Crippen LogP contribution in [0.15, 0.2) is 15.5 Å². The van der Waals surface area contributed by atoms with Crippen molar-refractivity contribution in [3.63, 3.8) is 0 Å².